The van der Waals surface area contributed by atoms with Crippen molar-refractivity contribution >= 4 is 29.5 Å². The largest absolute Gasteiger partial charge is 0.479 e. The average molecular weight is 233 g/mol. The van der Waals surface area contributed by atoms with Crippen molar-refractivity contribution in [3.63, 3.8) is 0 Å². The molecule has 0 aromatic heterocycles. The molecule has 0 spiro atoms. The van der Waals surface area contributed by atoms with E-state index in [2.05, 4.69) is 0 Å². The SMILES string of the molecule is O=C(O)C(O)CCN1C(=O)CSCC1=O. The fourth-order valence-corrected chi connectivity index (χ4v) is 1.91. The summed E-state index contributed by atoms with van der Waals surface area (Å²) in [5, 5.41) is 17.4. The number of rotatable bonds is 4. The fourth-order valence-electron chi connectivity index (χ4n) is 1.14. The zero-order chi connectivity index (χ0) is 11.4. The van der Waals surface area contributed by atoms with Gasteiger partial charge in [-0.05, 0) is 0 Å². The second kappa shape index (κ2) is 5.13. The predicted molar refractivity (Wildman–Crippen MR) is 52.3 cm³/mol. The van der Waals surface area contributed by atoms with Crippen LogP contribution in [0.2, 0.25) is 0 Å². The Morgan fingerprint density at radius 3 is 2.40 bits per heavy atom. The van der Waals surface area contributed by atoms with E-state index in [4.69, 9.17) is 10.2 Å². The second-order valence-electron chi connectivity index (χ2n) is 3.07. The van der Waals surface area contributed by atoms with Gasteiger partial charge in [0.2, 0.25) is 11.8 Å². The summed E-state index contributed by atoms with van der Waals surface area (Å²) in [6, 6.07) is 0. The first kappa shape index (κ1) is 12.0. The minimum Gasteiger partial charge on any atom is -0.479 e. The standard InChI is InChI=1S/C8H11NO5S/c10-5(8(13)14)1-2-9-6(11)3-15-4-7(9)12/h5,10H,1-4H2,(H,13,14). The highest BCUT2D eigenvalue weighted by molar-refractivity contribution is 8.00. The van der Waals surface area contributed by atoms with Gasteiger partial charge in [-0.1, -0.05) is 0 Å². The third kappa shape index (κ3) is 3.21. The smallest absolute Gasteiger partial charge is 0.332 e. The molecule has 0 aromatic rings. The van der Waals surface area contributed by atoms with Crippen molar-refractivity contribution in [2.24, 2.45) is 0 Å². The zero-order valence-electron chi connectivity index (χ0n) is 7.88. The van der Waals surface area contributed by atoms with Crippen LogP contribution in [0, 0.1) is 0 Å². The summed E-state index contributed by atoms with van der Waals surface area (Å²) in [7, 11) is 0. The maximum Gasteiger partial charge on any atom is 0.332 e. The summed E-state index contributed by atoms with van der Waals surface area (Å²) in [5.41, 5.74) is 0. The first-order valence-electron chi connectivity index (χ1n) is 4.34. The number of carbonyl (C=O) groups is 3. The first-order valence-corrected chi connectivity index (χ1v) is 5.49. The van der Waals surface area contributed by atoms with Gasteiger partial charge in [0, 0.05) is 13.0 Å². The molecule has 1 atom stereocenters. The molecule has 0 radical (unpaired) electrons. The molecule has 1 heterocycles. The van der Waals surface area contributed by atoms with Crippen LogP contribution in [-0.4, -0.2) is 57.1 Å². The lowest BCUT2D eigenvalue weighted by Crippen LogP contribution is -2.44. The number of carboxylic acid groups (broad SMARTS) is 1. The van der Waals surface area contributed by atoms with Crippen LogP contribution in [0.25, 0.3) is 0 Å². The lowest BCUT2D eigenvalue weighted by atomic mass is 10.2. The van der Waals surface area contributed by atoms with Gasteiger partial charge in [0.15, 0.2) is 6.10 Å². The highest BCUT2D eigenvalue weighted by Gasteiger charge is 2.27. The van der Waals surface area contributed by atoms with Crippen molar-refractivity contribution in [3.05, 3.63) is 0 Å². The van der Waals surface area contributed by atoms with Crippen molar-refractivity contribution < 1.29 is 24.6 Å². The number of carbonyl (C=O) groups excluding carboxylic acids is 2. The van der Waals surface area contributed by atoms with Gasteiger partial charge in [0.05, 0.1) is 11.5 Å². The molecular formula is C8H11NO5S. The molecule has 0 aromatic carbocycles. The van der Waals surface area contributed by atoms with Crippen LogP contribution in [0.3, 0.4) is 0 Å². The molecule has 6 nitrogen and oxygen atoms in total. The Hall–Kier alpha value is -1.08. The number of carboxylic acids is 1. The Balaban J connectivity index is 2.45. The Kier molecular flexibility index (Phi) is 4.10. The van der Waals surface area contributed by atoms with Gasteiger partial charge in [-0.2, -0.15) is 0 Å². The number of hydrogen-bond acceptors (Lipinski definition) is 5. The molecule has 0 bridgehead atoms. The van der Waals surface area contributed by atoms with E-state index in [9.17, 15) is 14.4 Å². The van der Waals surface area contributed by atoms with E-state index in [0.717, 1.165) is 4.90 Å². The molecule has 2 amide bonds. The van der Waals surface area contributed by atoms with E-state index in [0.29, 0.717) is 0 Å². The van der Waals surface area contributed by atoms with Gasteiger partial charge >= 0.3 is 5.97 Å². The fraction of sp³-hybridized carbons (Fsp3) is 0.625. The van der Waals surface area contributed by atoms with E-state index in [-0.39, 0.29) is 36.3 Å². The molecule has 1 unspecified atom stereocenters. The molecule has 1 saturated heterocycles. The maximum absolute atomic E-state index is 11.2. The van der Waals surface area contributed by atoms with Gasteiger partial charge in [-0.15, -0.1) is 11.8 Å². The van der Waals surface area contributed by atoms with E-state index >= 15 is 0 Å². The van der Waals surface area contributed by atoms with Gasteiger partial charge in [0.1, 0.15) is 0 Å². The van der Waals surface area contributed by atoms with Crippen molar-refractivity contribution in [3.8, 4) is 0 Å². The number of hydrogen-bond donors (Lipinski definition) is 2. The van der Waals surface area contributed by atoms with Gasteiger partial charge in [0.25, 0.3) is 0 Å². The van der Waals surface area contributed by atoms with E-state index in [1.807, 2.05) is 0 Å². The lowest BCUT2D eigenvalue weighted by molar-refractivity contribution is -0.149. The van der Waals surface area contributed by atoms with Crippen molar-refractivity contribution in [1.82, 2.24) is 4.90 Å². The average Bonchev–Trinajstić information content (AvgIpc) is 2.16. The Labute approximate surface area is 90.2 Å². The second-order valence-corrected chi connectivity index (χ2v) is 4.06. The Bertz CT molecular complexity index is 277. The summed E-state index contributed by atoms with van der Waals surface area (Å²) in [5.74, 6) is -1.53. The molecule has 1 fully saturated rings. The highest BCUT2D eigenvalue weighted by Crippen LogP contribution is 2.12. The maximum atomic E-state index is 11.2. The van der Waals surface area contributed by atoms with Gasteiger partial charge < -0.3 is 10.2 Å². The lowest BCUT2D eigenvalue weighted by Gasteiger charge is -2.24. The number of aliphatic carboxylic acids is 1. The molecule has 15 heavy (non-hydrogen) atoms. The minimum atomic E-state index is -1.53. The summed E-state index contributed by atoms with van der Waals surface area (Å²) in [6.45, 7) is -0.0360. The van der Waals surface area contributed by atoms with Gasteiger partial charge in [-0.25, -0.2) is 4.79 Å². The van der Waals surface area contributed by atoms with Crippen LogP contribution in [0.5, 0.6) is 0 Å². The normalized spacial score (nSPS) is 19.1. The van der Waals surface area contributed by atoms with Crippen molar-refractivity contribution in [2.75, 3.05) is 18.1 Å². The molecule has 2 N–H and O–H groups in total. The monoisotopic (exact) mass is 233 g/mol. The van der Waals surface area contributed by atoms with E-state index in [1.165, 1.54) is 11.8 Å². The number of thioether (sulfide) groups is 1. The van der Waals surface area contributed by atoms with Crippen LogP contribution in [0.15, 0.2) is 0 Å². The molecule has 0 saturated carbocycles. The number of aliphatic hydroxyl groups is 1. The molecular weight excluding hydrogens is 222 g/mol. The molecule has 0 aliphatic carbocycles. The number of aliphatic hydroxyl groups excluding tert-OH is 1. The van der Waals surface area contributed by atoms with Crippen molar-refractivity contribution in [2.45, 2.75) is 12.5 Å². The molecule has 84 valence electrons. The molecule has 1 aliphatic heterocycles. The quantitative estimate of drug-likeness (QED) is 0.600. The minimum absolute atomic E-state index is 0.0360. The Morgan fingerprint density at radius 1 is 1.40 bits per heavy atom. The number of nitrogens with zero attached hydrogens (tertiary/aromatic N) is 1. The molecule has 1 aliphatic rings. The number of amides is 2. The molecule has 1 rings (SSSR count). The third-order valence-corrected chi connectivity index (χ3v) is 2.87. The molecule has 7 heteroatoms. The summed E-state index contributed by atoms with van der Waals surface area (Å²) >= 11 is 1.24. The van der Waals surface area contributed by atoms with Crippen LogP contribution < -0.4 is 0 Å². The van der Waals surface area contributed by atoms with E-state index in [1.54, 1.807) is 0 Å². The van der Waals surface area contributed by atoms with E-state index < -0.39 is 12.1 Å². The topological polar surface area (TPSA) is 94.9 Å². The van der Waals surface area contributed by atoms with Crippen LogP contribution in [0.1, 0.15) is 6.42 Å². The van der Waals surface area contributed by atoms with Crippen molar-refractivity contribution in [1.29, 1.82) is 0 Å². The van der Waals surface area contributed by atoms with Gasteiger partial charge in [-0.3, -0.25) is 14.5 Å². The highest BCUT2D eigenvalue weighted by atomic mass is 32.2. The summed E-state index contributed by atoms with van der Waals surface area (Å²) in [6.07, 6.45) is -1.66. The first-order chi connectivity index (χ1) is 7.02. The third-order valence-electron chi connectivity index (χ3n) is 1.96. The Morgan fingerprint density at radius 2 is 1.93 bits per heavy atom. The summed E-state index contributed by atoms with van der Waals surface area (Å²) < 4.78 is 0. The summed E-state index contributed by atoms with van der Waals surface area (Å²) in [4.78, 5) is 33.8. The predicted octanol–water partition coefficient (Wildman–Crippen LogP) is -1.08. The van der Waals surface area contributed by atoms with Crippen LogP contribution in [-0.2, 0) is 14.4 Å². The number of imide groups is 1. The van der Waals surface area contributed by atoms with Crippen LogP contribution in [0.4, 0.5) is 0 Å². The zero-order valence-corrected chi connectivity index (χ0v) is 8.70. The van der Waals surface area contributed by atoms with Crippen LogP contribution >= 0.6 is 11.8 Å².